The molecular weight excluding hydrogens is 228 g/mol. The molecule has 17 heavy (non-hydrogen) atoms. The largest absolute Gasteiger partial charge is 0.317 e. The van der Waals surface area contributed by atoms with Crippen LogP contribution >= 0.6 is 11.8 Å². The second-order valence-corrected chi connectivity index (χ2v) is 7.38. The van der Waals surface area contributed by atoms with Crippen LogP contribution in [0.15, 0.2) is 0 Å². The van der Waals surface area contributed by atoms with Crippen LogP contribution in [0.2, 0.25) is 0 Å². The van der Waals surface area contributed by atoms with Gasteiger partial charge in [-0.05, 0) is 44.7 Å². The van der Waals surface area contributed by atoms with E-state index < -0.39 is 0 Å². The molecule has 2 saturated heterocycles. The Bertz CT molecular complexity index is 238. The quantitative estimate of drug-likeness (QED) is 0.835. The highest BCUT2D eigenvalue weighted by Gasteiger charge is 2.35. The molecule has 0 spiro atoms. The smallest absolute Gasteiger partial charge is 0.0184 e. The van der Waals surface area contributed by atoms with Crippen LogP contribution in [0.25, 0.3) is 0 Å². The Labute approximate surface area is 111 Å². The number of rotatable bonds is 3. The SMILES string of the molecule is CCC1(CN2CCSC(C)C2C)CCNCC1. The number of piperidine rings is 1. The summed E-state index contributed by atoms with van der Waals surface area (Å²) in [5.41, 5.74) is 0.598. The normalized spacial score (nSPS) is 34.8. The highest BCUT2D eigenvalue weighted by Crippen LogP contribution is 2.36. The van der Waals surface area contributed by atoms with Gasteiger partial charge in [-0.2, -0.15) is 11.8 Å². The summed E-state index contributed by atoms with van der Waals surface area (Å²) in [7, 11) is 0. The molecule has 2 rings (SSSR count). The molecule has 2 aliphatic heterocycles. The summed E-state index contributed by atoms with van der Waals surface area (Å²) < 4.78 is 0. The Kier molecular flexibility index (Phi) is 4.79. The van der Waals surface area contributed by atoms with E-state index in [0.29, 0.717) is 5.41 Å². The maximum absolute atomic E-state index is 3.51. The van der Waals surface area contributed by atoms with E-state index in [1.807, 2.05) is 0 Å². The Balaban J connectivity index is 1.97. The summed E-state index contributed by atoms with van der Waals surface area (Å²) in [6, 6.07) is 0.757. The van der Waals surface area contributed by atoms with E-state index in [-0.39, 0.29) is 0 Å². The molecule has 0 aliphatic carbocycles. The maximum Gasteiger partial charge on any atom is 0.0184 e. The Morgan fingerprint density at radius 3 is 2.65 bits per heavy atom. The van der Waals surface area contributed by atoms with E-state index in [9.17, 15) is 0 Å². The molecular formula is C14H28N2S. The molecule has 0 aromatic rings. The lowest BCUT2D eigenvalue weighted by atomic mass is 9.76. The molecule has 0 radical (unpaired) electrons. The second-order valence-electron chi connectivity index (χ2n) is 5.89. The third-order valence-electron chi connectivity index (χ3n) is 4.97. The van der Waals surface area contributed by atoms with Crippen LogP contribution in [0.3, 0.4) is 0 Å². The van der Waals surface area contributed by atoms with Gasteiger partial charge in [-0.3, -0.25) is 4.90 Å². The van der Waals surface area contributed by atoms with Gasteiger partial charge in [-0.1, -0.05) is 13.8 Å². The molecule has 2 fully saturated rings. The highest BCUT2D eigenvalue weighted by atomic mass is 32.2. The van der Waals surface area contributed by atoms with E-state index in [1.165, 1.54) is 51.2 Å². The highest BCUT2D eigenvalue weighted by molar-refractivity contribution is 8.00. The lowest BCUT2D eigenvalue weighted by molar-refractivity contribution is 0.0840. The molecule has 0 saturated carbocycles. The van der Waals surface area contributed by atoms with Crippen molar-refractivity contribution in [2.75, 3.05) is 31.9 Å². The molecule has 2 aliphatic rings. The minimum Gasteiger partial charge on any atom is -0.317 e. The van der Waals surface area contributed by atoms with Gasteiger partial charge in [-0.25, -0.2) is 0 Å². The molecule has 0 aromatic heterocycles. The van der Waals surface area contributed by atoms with E-state index in [4.69, 9.17) is 0 Å². The minimum atomic E-state index is 0.598. The lowest BCUT2D eigenvalue weighted by Gasteiger charge is -2.46. The molecule has 1 N–H and O–H groups in total. The van der Waals surface area contributed by atoms with Gasteiger partial charge in [0.05, 0.1) is 0 Å². The predicted molar refractivity (Wildman–Crippen MR) is 77.8 cm³/mol. The number of nitrogens with one attached hydrogen (secondary N) is 1. The molecule has 3 heteroatoms. The third kappa shape index (κ3) is 3.18. The standard InChI is InChI=1S/C14H28N2S/c1-4-14(5-7-15-8-6-14)11-16-9-10-17-13(3)12(16)2/h12-13,15H,4-11H2,1-3H3. The van der Waals surface area contributed by atoms with Gasteiger partial charge in [0.1, 0.15) is 0 Å². The summed E-state index contributed by atoms with van der Waals surface area (Å²) in [5.74, 6) is 1.32. The zero-order chi connectivity index (χ0) is 12.3. The van der Waals surface area contributed by atoms with Crippen LogP contribution in [0, 0.1) is 5.41 Å². The molecule has 0 bridgehead atoms. The molecule has 2 heterocycles. The van der Waals surface area contributed by atoms with Crippen molar-refractivity contribution >= 4 is 11.8 Å². The fourth-order valence-electron chi connectivity index (χ4n) is 3.23. The first-order chi connectivity index (χ1) is 8.17. The van der Waals surface area contributed by atoms with Gasteiger partial charge in [-0.15, -0.1) is 0 Å². The summed E-state index contributed by atoms with van der Waals surface area (Å²) in [6.07, 6.45) is 4.09. The fourth-order valence-corrected chi connectivity index (χ4v) is 4.39. The first kappa shape index (κ1) is 13.7. The first-order valence-corrected chi connectivity index (χ1v) is 8.28. The van der Waals surface area contributed by atoms with E-state index in [1.54, 1.807) is 0 Å². The lowest BCUT2D eigenvalue weighted by Crippen LogP contribution is -2.51. The van der Waals surface area contributed by atoms with Crippen molar-refractivity contribution in [2.24, 2.45) is 5.41 Å². The summed E-state index contributed by atoms with van der Waals surface area (Å²) in [5, 5.41) is 4.31. The van der Waals surface area contributed by atoms with Crippen molar-refractivity contribution in [3.8, 4) is 0 Å². The summed E-state index contributed by atoms with van der Waals surface area (Å²) >= 11 is 2.14. The summed E-state index contributed by atoms with van der Waals surface area (Å²) in [6.45, 7) is 12.3. The topological polar surface area (TPSA) is 15.3 Å². The van der Waals surface area contributed by atoms with Gasteiger partial charge in [0.25, 0.3) is 0 Å². The summed E-state index contributed by atoms with van der Waals surface area (Å²) in [4.78, 5) is 2.76. The molecule has 100 valence electrons. The Morgan fingerprint density at radius 2 is 2.00 bits per heavy atom. The number of thioether (sulfide) groups is 1. The monoisotopic (exact) mass is 256 g/mol. The van der Waals surface area contributed by atoms with Gasteiger partial charge in [0, 0.05) is 30.1 Å². The van der Waals surface area contributed by atoms with E-state index >= 15 is 0 Å². The van der Waals surface area contributed by atoms with Crippen LogP contribution in [0.5, 0.6) is 0 Å². The molecule has 0 aromatic carbocycles. The van der Waals surface area contributed by atoms with Crippen molar-refractivity contribution in [1.29, 1.82) is 0 Å². The third-order valence-corrected chi connectivity index (χ3v) is 6.31. The molecule has 2 atom stereocenters. The predicted octanol–water partition coefficient (Wildman–Crippen LogP) is 2.59. The fraction of sp³-hybridized carbons (Fsp3) is 1.00. The van der Waals surface area contributed by atoms with Gasteiger partial charge in [0.15, 0.2) is 0 Å². The average molecular weight is 256 g/mol. The second kappa shape index (κ2) is 5.94. The number of nitrogens with zero attached hydrogens (tertiary/aromatic N) is 1. The zero-order valence-electron chi connectivity index (χ0n) is 11.7. The molecule has 2 unspecified atom stereocenters. The first-order valence-electron chi connectivity index (χ1n) is 7.23. The Hall–Kier alpha value is 0.270. The van der Waals surface area contributed by atoms with Crippen molar-refractivity contribution in [1.82, 2.24) is 10.2 Å². The minimum absolute atomic E-state index is 0.598. The van der Waals surface area contributed by atoms with Gasteiger partial charge < -0.3 is 5.32 Å². The zero-order valence-corrected chi connectivity index (χ0v) is 12.5. The van der Waals surface area contributed by atoms with E-state index in [0.717, 1.165) is 11.3 Å². The average Bonchev–Trinajstić information content (AvgIpc) is 2.36. The van der Waals surface area contributed by atoms with Crippen LogP contribution < -0.4 is 5.32 Å². The Morgan fingerprint density at radius 1 is 1.29 bits per heavy atom. The number of hydrogen-bond acceptors (Lipinski definition) is 3. The molecule has 0 amide bonds. The number of hydrogen-bond donors (Lipinski definition) is 1. The van der Waals surface area contributed by atoms with Crippen molar-refractivity contribution < 1.29 is 0 Å². The van der Waals surface area contributed by atoms with Gasteiger partial charge in [0.2, 0.25) is 0 Å². The maximum atomic E-state index is 3.51. The van der Waals surface area contributed by atoms with Crippen molar-refractivity contribution in [2.45, 2.75) is 51.3 Å². The van der Waals surface area contributed by atoms with Crippen molar-refractivity contribution in [3.05, 3.63) is 0 Å². The molecule has 2 nitrogen and oxygen atoms in total. The van der Waals surface area contributed by atoms with Crippen LogP contribution in [0.1, 0.15) is 40.0 Å². The van der Waals surface area contributed by atoms with Gasteiger partial charge >= 0.3 is 0 Å². The van der Waals surface area contributed by atoms with Crippen LogP contribution in [-0.2, 0) is 0 Å². The van der Waals surface area contributed by atoms with Crippen LogP contribution in [-0.4, -0.2) is 48.1 Å². The van der Waals surface area contributed by atoms with Crippen molar-refractivity contribution in [3.63, 3.8) is 0 Å². The van der Waals surface area contributed by atoms with E-state index in [2.05, 4.69) is 42.7 Å². The van der Waals surface area contributed by atoms with Crippen LogP contribution in [0.4, 0.5) is 0 Å².